The second kappa shape index (κ2) is 8.78. The van der Waals surface area contributed by atoms with Crippen LogP contribution in [0.1, 0.15) is 24.0 Å². The summed E-state index contributed by atoms with van der Waals surface area (Å²) in [7, 11) is -3.48. The van der Waals surface area contributed by atoms with Crippen LogP contribution in [0.5, 0.6) is 0 Å². The van der Waals surface area contributed by atoms with E-state index in [1.807, 2.05) is 67.6 Å². The van der Waals surface area contributed by atoms with Gasteiger partial charge in [0.05, 0.1) is 12.8 Å². The summed E-state index contributed by atoms with van der Waals surface area (Å²) < 4.78 is 25.1. The molecule has 5 nitrogen and oxygen atoms in total. The first-order valence-electron chi connectivity index (χ1n) is 8.17. The number of hydrogen-bond donors (Lipinski definition) is 1. The molecule has 0 fully saturated rings. The highest BCUT2D eigenvalue weighted by Gasteiger charge is 2.20. The van der Waals surface area contributed by atoms with Crippen molar-refractivity contribution in [2.45, 2.75) is 19.4 Å². The molecule has 134 valence electrons. The molecule has 0 spiro atoms. The van der Waals surface area contributed by atoms with Gasteiger partial charge in [-0.05, 0) is 17.0 Å². The molecular formula is C19H24N2O3S. The standard InChI is InChI=1S/C19H24N2O3S/c1-16(18-11-7-4-8-12-18)13-20-19(22)15-21(25(2,23)24)14-17-9-5-3-6-10-17/h3-12,16H,13-15H2,1-2H3,(H,20,22). The van der Waals surface area contributed by atoms with E-state index in [2.05, 4.69) is 5.32 Å². The normalized spacial score (nSPS) is 12.8. The van der Waals surface area contributed by atoms with Crippen molar-refractivity contribution in [2.75, 3.05) is 19.3 Å². The maximum atomic E-state index is 12.2. The summed E-state index contributed by atoms with van der Waals surface area (Å²) in [5.41, 5.74) is 1.98. The maximum absolute atomic E-state index is 12.2. The van der Waals surface area contributed by atoms with E-state index >= 15 is 0 Å². The van der Waals surface area contributed by atoms with Crippen molar-refractivity contribution in [3.05, 3.63) is 71.8 Å². The van der Waals surface area contributed by atoms with Gasteiger partial charge in [0.2, 0.25) is 15.9 Å². The van der Waals surface area contributed by atoms with Crippen LogP contribution in [0.3, 0.4) is 0 Å². The molecule has 2 rings (SSSR count). The summed E-state index contributed by atoms with van der Waals surface area (Å²) in [5.74, 6) is -0.143. The Morgan fingerprint density at radius 2 is 1.60 bits per heavy atom. The van der Waals surface area contributed by atoms with Crippen molar-refractivity contribution in [1.29, 1.82) is 0 Å². The van der Waals surface area contributed by atoms with Crippen molar-refractivity contribution in [1.82, 2.24) is 9.62 Å². The third-order valence-corrected chi connectivity index (χ3v) is 5.16. The Hall–Kier alpha value is -2.18. The second-order valence-corrected chi connectivity index (χ2v) is 8.11. The topological polar surface area (TPSA) is 66.5 Å². The molecule has 1 N–H and O–H groups in total. The van der Waals surface area contributed by atoms with Crippen LogP contribution < -0.4 is 5.32 Å². The molecule has 25 heavy (non-hydrogen) atoms. The lowest BCUT2D eigenvalue weighted by Gasteiger charge is -2.20. The van der Waals surface area contributed by atoms with Crippen LogP contribution in [0.2, 0.25) is 0 Å². The summed E-state index contributed by atoms with van der Waals surface area (Å²) >= 11 is 0. The highest BCUT2D eigenvalue weighted by Crippen LogP contribution is 2.13. The van der Waals surface area contributed by atoms with Gasteiger partial charge in [0.25, 0.3) is 0 Å². The number of benzene rings is 2. The number of sulfonamides is 1. The number of rotatable bonds is 8. The predicted molar refractivity (Wildman–Crippen MR) is 99.6 cm³/mol. The largest absolute Gasteiger partial charge is 0.354 e. The van der Waals surface area contributed by atoms with Gasteiger partial charge in [0.1, 0.15) is 0 Å². The zero-order valence-corrected chi connectivity index (χ0v) is 15.4. The molecular weight excluding hydrogens is 336 g/mol. The van der Waals surface area contributed by atoms with E-state index in [9.17, 15) is 13.2 Å². The summed E-state index contributed by atoms with van der Waals surface area (Å²) in [5, 5.41) is 2.82. The van der Waals surface area contributed by atoms with E-state index in [1.54, 1.807) is 0 Å². The van der Waals surface area contributed by atoms with Gasteiger partial charge in [-0.1, -0.05) is 67.6 Å². The Morgan fingerprint density at radius 3 is 2.16 bits per heavy atom. The fourth-order valence-corrected chi connectivity index (χ4v) is 3.20. The average molecular weight is 360 g/mol. The van der Waals surface area contributed by atoms with Crippen LogP contribution in [-0.4, -0.2) is 38.0 Å². The molecule has 0 heterocycles. The molecule has 0 saturated carbocycles. The number of hydrogen-bond acceptors (Lipinski definition) is 3. The molecule has 0 aliphatic carbocycles. The summed E-state index contributed by atoms with van der Waals surface area (Å²) in [6.45, 7) is 2.48. The van der Waals surface area contributed by atoms with Gasteiger partial charge in [-0.3, -0.25) is 4.79 Å². The highest BCUT2D eigenvalue weighted by molar-refractivity contribution is 7.88. The van der Waals surface area contributed by atoms with E-state index in [4.69, 9.17) is 0 Å². The molecule has 1 unspecified atom stereocenters. The number of carbonyl (C=O) groups excluding carboxylic acids is 1. The summed E-state index contributed by atoms with van der Waals surface area (Å²) in [4.78, 5) is 12.2. The Bertz CT molecular complexity index is 777. The average Bonchev–Trinajstić information content (AvgIpc) is 2.60. The lowest BCUT2D eigenvalue weighted by Crippen LogP contribution is -2.40. The highest BCUT2D eigenvalue weighted by atomic mass is 32.2. The van der Waals surface area contributed by atoms with Gasteiger partial charge < -0.3 is 5.32 Å². The van der Waals surface area contributed by atoms with E-state index < -0.39 is 10.0 Å². The molecule has 0 aliphatic heterocycles. The van der Waals surface area contributed by atoms with Gasteiger partial charge >= 0.3 is 0 Å². The van der Waals surface area contributed by atoms with Crippen molar-refractivity contribution in [3.63, 3.8) is 0 Å². The number of amides is 1. The molecule has 0 saturated heterocycles. The maximum Gasteiger partial charge on any atom is 0.235 e. The first kappa shape index (κ1) is 19.1. The van der Waals surface area contributed by atoms with Crippen LogP contribution in [0, 0.1) is 0 Å². The molecule has 0 aromatic heterocycles. The third kappa shape index (κ3) is 6.32. The lowest BCUT2D eigenvalue weighted by molar-refractivity contribution is -0.121. The minimum absolute atomic E-state index is 0.158. The Labute approximate surface area is 149 Å². The zero-order chi connectivity index (χ0) is 18.3. The van der Waals surface area contributed by atoms with Crippen LogP contribution >= 0.6 is 0 Å². The molecule has 2 aromatic carbocycles. The van der Waals surface area contributed by atoms with Gasteiger partial charge in [-0.15, -0.1) is 0 Å². The van der Waals surface area contributed by atoms with Crippen molar-refractivity contribution in [2.24, 2.45) is 0 Å². The first-order valence-corrected chi connectivity index (χ1v) is 10.0. The number of nitrogens with zero attached hydrogens (tertiary/aromatic N) is 1. The molecule has 6 heteroatoms. The smallest absolute Gasteiger partial charge is 0.235 e. The molecule has 0 radical (unpaired) electrons. The fourth-order valence-electron chi connectivity index (χ4n) is 2.46. The quantitative estimate of drug-likeness (QED) is 0.786. The van der Waals surface area contributed by atoms with Gasteiger partial charge in [-0.2, -0.15) is 4.31 Å². The van der Waals surface area contributed by atoms with Crippen LogP contribution in [0.25, 0.3) is 0 Å². The third-order valence-electron chi connectivity index (χ3n) is 3.96. The van der Waals surface area contributed by atoms with E-state index in [0.717, 1.165) is 17.4 Å². The molecule has 1 amide bonds. The summed E-state index contributed by atoms with van der Waals surface area (Å²) in [6.07, 6.45) is 1.12. The van der Waals surface area contributed by atoms with Crippen molar-refractivity contribution in [3.8, 4) is 0 Å². The monoisotopic (exact) mass is 360 g/mol. The van der Waals surface area contributed by atoms with Crippen LogP contribution in [-0.2, 0) is 21.4 Å². The van der Waals surface area contributed by atoms with Gasteiger partial charge in [0.15, 0.2) is 0 Å². The molecule has 0 bridgehead atoms. The molecule has 0 aliphatic rings. The number of nitrogens with one attached hydrogen (secondary N) is 1. The minimum Gasteiger partial charge on any atom is -0.354 e. The van der Waals surface area contributed by atoms with Crippen molar-refractivity contribution < 1.29 is 13.2 Å². The van der Waals surface area contributed by atoms with E-state index in [-0.39, 0.29) is 24.9 Å². The van der Waals surface area contributed by atoms with E-state index in [0.29, 0.717) is 6.54 Å². The molecule has 2 aromatic rings. The van der Waals surface area contributed by atoms with E-state index in [1.165, 1.54) is 4.31 Å². The summed E-state index contributed by atoms with van der Waals surface area (Å²) in [6, 6.07) is 19.1. The molecule has 1 atom stereocenters. The Kier molecular flexibility index (Phi) is 6.73. The van der Waals surface area contributed by atoms with Crippen LogP contribution in [0.15, 0.2) is 60.7 Å². The Balaban J connectivity index is 1.93. The SMILES string of the molecule is CC(CNC(=O)CN(Cc1ccccc1)S(C)(=O)=O)c1ccccc1. The second-order valence-electron chi connectivity index (χ2n) is 6.13. The zero-order valence-electron chi connectivity index (χ0n) is 14.6. The lowest BCUT2D eigenvalue weighted by atomic mass is 10.0. The Morgan fingerprint density at radius 1 is 1.04 bits per heavy atom. The van der Waals surface area contributed by atoms with Gasteiger partial charge in [0, 0.05) is 13.1 Å². The van der Waals surface area contributed by atoms with Gasteiger partial charge in [-0.25, -0.2) is 8.42 Å². The first-order chi connectivity index (χ1) is 11.9. The fraction of sp³-hybridized carbons (Fsp3) is 0.316. The minimum atomic E-state index is -3.48. The number of carbonyl (C=O) groups is 1. The van der Waals surface area contributed by atoms with Crippen LogP contribution in [0.4, 0.5) is 0 Å². The van der Waals surface area contributed by atoms with Crippen molar-refractivity contribution >= 4 is 15.9 Å². The predicted octanol–water partition coefficient (Wildman–Crippen LogP) is 2.37.